The SMILES string of the molecule is O=C(O)N(CCCCCCc1ccccc1)C[C@H]1CN2C(=O)C[C@@H]2O1. The van der Waals surface area contributed by atoms with E-state index in [1.54, 1.807) is 4.90 Å². The van der Waals surface area contributed by atoms with Crippen molar-refractivity contribution in [2.75, 3.05) is 19.6 Å². The number of benzene rings is 1. The maximum absolute atomic E-state index is 11.4. The fourth-order valence-electron chi connectivity index (χ4n) is 3.49. The highest BCUT2D eigenvalue weighted by molar-refractivity contribution is 5.83. The number of unbranched alkanes of at least 4 members (excludes halogenated alkanes) is 3. The number of ether oxygens (including phenoxy) is 1. The number of hydrogen-bond acceptors (Lipinski definition) is 3. The van der Waals surface area contributed by atoms with Crippen LogP contribution in [0.4, 0.5) is 4.79 Å². The molecule has 6 heteroatoms. The van der Waals surface area contributed by atoms with Gasteiger partial charge in [-0.2, -0.15) is 0 Å². The first-order chi connectivity index (χ1) is 12.1. The maximum atomic E-state index is 11.4. The number of β-lactam (4-membered cyclic amide) rings is 1. The summed E-state index contributed by atoms with van der Waals surface area (Å²) in [7, 11) is 0. The van der Waals surface area contributed by atoms with Crippen LogP contribution in [0.1, 0.15) is 37.7 Å². The first kappa shape index (κ1) is 17.7. The van der Waals surface area contributed by atoms with Crippen LogP contribution in [0.25, 0.3) is 0 Å². The van der Waals surface area contributed by atoms with Gasteiger partial charge in [-0.15, -0.1) is 0 Å². The predicted molar refractivity (Wildman–Crippen MR) is 93.2 cm³/mol. The summed E-state index contributed by atoms with van der Waals surface area (Å²) in [6.07, 6.45) is 4.41. The zero-order valence-corrected chi connectivity index (χ0v) is 14.5. The second kappa shape index (κ2) is 8.34. The smallest absolute Gasteiger partial charge is 0.407 e. The van der Waals surface area contributed by atoms with Crippen molar-refractivity contribution < 1.29 is 19.4 Å². The second-order valence-corrected chi connectivity index (χ2v) is 6.84. The molecule has 1 aromatic rings. The van der Waals surface area contributed by atoms with Crippen LogP contribution in [0.15, 0.2) is 30.3 Å². The molecular weight excluding hydrogens is 320 g/mol. The van der Waals surface area contributed by atoms with E-state index in [0.29, 0.717) is 26.1 Å². The molecule has 2 fully saturated rings. The van der Waals surface area contributed by atoms with Gasteiger partial charge in [-0.1, -0.05) is 43.2 Å². The molecule has 136 valence electrons. The minimum atomic E-state index is -0.909. The Labute approximate surface area is 148 Å². The van der Waals surface area contributed by atoms with E-state index in [2.05, 4.69) is 24.3 Å². The zero-order chi connectivity index (χ0) is 17.6. The lowest BCUT2D eigenvalue weighted by molar-refractivity contribution is -0.156. The van der Waals surface area contributed by atoms with E-state index in [9.17, 15) is 14.7 Å². The predicted octanol–water partition coefficient (Wildman–Crippen LogP) is 2.73. The lowest BCUT2D eigenvalue weighted by Gasteiger charge is -2.31. The molecular formula is C19H26N2O4. The van der Waals surface area contributed by atoms with Gasteiger partial charge >= 0.3 is 6.09 Å². The van der Waals surface area contributed by atoms with Gasteiger partial charge in [0.1, 0.15) is 6.23 Å². The number of fused-ring (bicyclic) bond motifs is 1. The molecule has 0 unspecified atom stereocenters. The molecule has 6 nitrogen and oxygen atoms in total. The van der Waals surface area contributed by atoms with Crippen LogP contribution in [0.3, 0.4) is 0 Å². The second-order valence-electron chi connectivity index (χ2n) is 6.84. The van der Waals surface area contributed by atoms with Crippen LogP contribution in [0, 0.1) is 0 Å². The minimum Gasteiger partial charge on any atom is -0.465 e. The van der Waals surface area contributed by atoms with Crippen molar-refractivity contribution in [3.63, 3.8) is 0 Å². The van der Waals surface area contributed by atoms with Crippen LogP contribution in [-0.4, -0.2) is 58.9 Å². The minimum absolute atomic E-state index is 0.104. The molecule has 2 aliphatic rings. The molecule has 2 atom stereocenters. The average molecular weight is 346 g/mol. The molecule has 25 heavy (non-hydrogen) atoms. The van der Waals surface area contributed by atoms with E-state index in [0.717, 1.165) is 32.1 Å². The Balaban J connectivity index is 1.31. The van der Waals surface area contributed by atoms with Crippen molar-refractivity contribution in [2.24, 2.45) is 0 Å². The molecule has 0 radical (unpaired) electrons. The highest BCUT2D eigenvalue weighted by Crippen LogP contribution is 2.28. The van der Waals surface area contributed by atoms with Gasteiger partial charge in [0.25, 0.3) is 0 Å². The Morgan fingerprint density at radius 2 is 1.96 bits per heavy atom. The Bertz CT molecular complexity index is 592. The number of aryl methyl sites for hydroxylation is 1. The number of hydrogen-bond donors (Lipinski definition) is 1. The van der Waals surface area contributed by atoms with Gasteiger partial charge in [-0.3, -0.25) is 4.79 Å². The highest BCUT2D eigenvalue weighted by Gasteiger charge is 2.45. The summed E-state index contributed by atoms with van der Waals surface area (Å²) in [6.45, 7) is 1.39. The molecule has 1 aromatic carbocycles. The third-order valence-electron chi connectivity index (χ3n) is 4.95. The van der Waals surface area contributed by atoms with Gasteiger partial charge in [0.05, 0.1) is 25.6 Å². The molecule has 0 aliphatic carbocycles. The number of carbonyl (C=O) groups is 2. The summed E-state index contributed by atoms with van der Waals surface area (Å²) in [5.41, 5.74) is 1.35. The van der Waals surface area contributed by atoms with Crippen molar-refractivity contribution in [3.8, 4) is 0 Å². The number of nitrogens with zero attached hydrogens (tertiary/aromatic N) is 2. The molecule has 0 saturated carbocycles. The molecule has 2 heterocycles. The number of amides is 2. The number of rotatable bonds is 9. The van der Waals surface area contributed by atoms with Crippen LogP contribution >= 0.6 is 0 Å². The van der Waals surface area contributed by atoms with Gasteiger partial charge in [0, 0.05) is 6.54 Å². The summed E-state index contributed by atoms with van der Waals surface area (Å²) in [6, 6.07) is 10.4. The van der Waals surface area contributed by atoms with Gasteiger partial charge < -0.3 is 19.6 Å². The van der Waals surface area contributed by atoms with E-state index in [-0.39, 0.29) is 18.2 Å². The first-order valence-electron chi connectivity index (χ1n) is 9.10. The van der Waals surface area contributed by atoms with Gasteiger partial charge in [0.15, 0.2) is 0 Å². The van der Waals surface area contributed by atoms with E-state index >= 15 is 0 Å². The molecule has 1 N–H and O–H groups in total. The van der Waals surface area contributed by atoms with Crippen LogP contribution in [-0.2, 0) is 16.0 Å². The Morgan fingerprint density at radius 3 is 2.64 bits per heavy atom. The number of carbonyl (C=O) groups excluding carboxylic acids is 1. The van der Waals surface area contributed by atoms with Gasteiger partial charge in [-0.05, 0) is 24.8 Å². The third kappa shape index (κ3) is 4.72. The Kier molecular flexibility index (Phi) is 5.91. The normalized spacial score (nSPS) is 21.8. The van der Waals surface area contributed by atoms with Crippen molar-refractivity contribution in [3.05, 3.63) is 35.9 Å². The Morgan fingerprint density at radius 1 is 1.20 bits per heavy atom. The van der Waals surface area contributed by atoms with Crippen LogP contribution in [0.2, 0.25) is 0 Å². The molecule has 2 saturated heterocycles. The van der Waals surface area contributed by atoms with E-state index in [1.807, 2.05) is 6.07 Å². The molecule has 2 aliphatic heterocycles. The fraction of sp³-hybridized carbons (Fsp3) is 0.579. The van der Waals surface area contributed by atoms with Crippen molar-refractivity contribution in [1.29, 1.82) is 0 Å². The summed E-state index contributed by atoms with van der Waals surface area (Å²) in [5.74, 6) is 0.104. The van der Waals surface area contributed by atoms with Crippen LogP contribution in [0.5, 0.6) is 0 Å². The van der Waals surface area contributed by atoms with E-state index in [4.69, 9.17) is 4.74 Å². The standard InChI is InChI=1S/C19H26N2O4/c22-17-12-18-21(17)14-16(25-18)13-20(19(23)24)11-7-2-1-4-8-15-9-5-3-6-10-15/h3,5-6,9-10,16,18H,1-2,4,7-8,11-14H2,(H,23,24)/t16-,18-/m0/s1. The van der Waals surface area contributed by atoms with Gasteiger partial charge in [-0.25, -0.2) is 4.79 Å². The van der Waals surface area contributed by atoms with Crippen molar-refractivity contribution >= 4 is 12.0 Å². The quantitative estimate of drug-likeness (QED) is 0.551. The molecule has 0 bridgehead atoms. The highest BCUT2D eigenvalue weighted by atomic mass is 16.5. The number of carboxylic acid groups (broad SMARTS) is 1. The summed E-state index contributed by atoms with van der Waals surface area (Å²) >= 11 is 0. The maximum Gasteiger partial charge on any atom is 0.407 e. The van der Waals surface area contributed by atoms with Gasteiger partial charge in [0.2, 0.25) is 5.91 Å². The molecule has 2 amide bonds. The monoisotopic (exact) mass is 346 g/mol. The summed E-state index contributed by atoms with van der Waals surface area (Å²) < 4.78 is 5.71. The lowest BCUT2D eigenvalue weighted by Crippen LogP contribution is -2.48. The topological polar surface area (TPSA) is 70.1 Å². The largest absolute Gasteiger partial charge is 0.465 e. The summed E-state index contributed by atoms with van der Waals surface area (Å²) in [4.78, 5) is 25.9. The van der Waals surface area contributed by atoms with Crippen molar-refractivity contribution in [1.82, 2.24) is 9.80 Å². The molecule has 3 rings (SSSR count). The van der Waals surface area contributed by atoms with Crippen LogP contribution < -0.4 is 0 Å². The molecule has 0 spiro atoms. The fourth-order valence-corrected chi connectivity index (χ4v) is 3.49. The Hall–Kier alpha value is -2.08. The summed E-state index contributed by atoms with van der Waals surface area (Å²) in [5, 5.41) is 9.37. The first-order valence-corrected chi connectivity index (χ1v) is 9.10. The zero-order valence-electron chi connectivity index (χ0n) is 14.5. The molecule has 0 aromatic heterocycles. The lowest BCUT2D eigenvalue weighted by atomic mass is 10.1. The third-order valence-corrected chi connectivity index (χ3v) is 4.95. The van der Waals surface area contributed by atoms with E-state index in [1.165, 1.54) is 10.5 Å². The van der Waals surface area contributed by atoms with E-state index < -0.39 is 6.09 Å². The average Bonchev–Trinajstić information content (AvgIpc) is 2.93. The van der Waals surface area contributed by atoms with Crippen molar-refractivity contribution in [2.45, 2.75) is 50.9 Å².